The minimum atomic E-state index is -5.08. The molecule has 0 amide bonds. The number of carboxylic acid groups (broad SMARTS) is 1. The maximum Gasteiger partial charge on any atom is 0.490 e. The quantitative estimate of drug-likeness (QED) is 0.156. The molecule has 18 heteroatoms. The number of nitrogen functional groups attached to an aromatic ring is 1. The SMILES string of the molecule is N#Cc1ccc(NCCNc2nc(-c3ccc(Cl)cc3Cl)cc3nc(C(F)(F)F)cn23)nc1N.O=C(O)C(F)(F)F. The Kier molecular flexibility index (Phi) is 9.35. The standard InChI is InChI=1S/C21H15Cl2F3N8.C2HF3O2/c22-12-2-3-13(14(23)7-12)15-8-18-32-16(21(24,25)26)10-34(18)20(31-15)30-6-5-29-17-4-1-11(9-27)19(28)33-17;3-2(4,5)1(6)7/h1-4,7-8,10H,5-6H2,(H,30,31)(H3,28,29,33);(H,6,7). The molecule has 0 aliphatic rings. The van der Waals surface area contributed by atoms with Crippen molar-refractivity contribution in [2.45, 2.75) is 12.4 Å². The summed E-state index contributed by atoms with van der Waals surface area (Å²) < 4.78 is 72.8. The van der Waals surface area contributed by atoms with Gasteiger partial charge in [0, 0.05) is 35.9 Å². The second-order valence-electron chi connectivity index (χ2n) is 7.84. The van der Waals surface area contributed by atoms with E-state index in [4.69, 9.17) is 44.1 Å². The number of carbonyl (C=O) groups is 1. The molecule has 0 bridgehead atoms. The van der Waals surface area contributed by atoms with Crippen molar-refractivity contribution in [3.8, 4) is 17.3 Å². The Hall–Kier alpha value is -4.49. The van der Waals surface area contributed by atoms with E-state index >= 15 is 0 Å². The van der Waals surface area contributed by atoms with Gasteiger partial charge in [-0.3, -0.25) is 4.40 Å². The number of nitrogens with one attached hydrogen (secondary N) is 2. The van der Waals surface area contributed by atoms with Gasteiger partial charge >= 0.3 is 18.3 Å². The lowest BCUT2D eigenvalue weighted by Crippen LogP contribution is -2.21. The second kappa shape index (κ2) is 12.4. The summed E-state index contributed by atoms with van der Waals surface area (Å²) in [6, 6.07) is 11.2. The number of nitrogens with two attached hydrogens (primary N) is 1. The molecule has 0 saturated carbocycles. The summed E-state index contributed by atoms with van der Waals surface area (Å²) in [7, 11) is 0. The number of benzene rings is 1. The molecule has 4 rings (SSSR count). The number of fused-ring (bicyclic) bond motifs is 1. The van der Waals surface area contributed by atoms with Crippen molar-refractivity contribution < 1.29 is 36.2 Å². The van der Waals surface area contributed by atoms with Crippen LogP contribution in [0.2, 0.25) is 10.0 Å². The minimum Gasteiger partial charge on any atom is -0.475 e. The van der Waals surface area contributed by atoms with Crippen LogP contribution in [-0.2, 0) is 11.0 Å². The molecular formula is C23H16Cl2F6N8O2. The molecule has 0 fully saturated rings. The average molecular weight is 621 g/mol. The Labute approximate surface area is 236 Å². The largest absolute Gasteiger partial charge is 0.490 e. The monoisotopic (exact) mass is 620 g/mol. The number of alkyl halides is 6. The number of pyridine rings is 1. The Balaban J connectivity index is 0.000000587. The zero-order valence-electron chi connectivity index (χ0n) is 20.1. The Bertz CT molecular complexity index is 1620. The van der Waals surface area contributed by atoms with Crippen LogP contribution in [0.5, 0.6) is 0 Å². The van der Waals surface area contributed by atoms with Gasteiger partial charge in [0.25, 0.3) is 0 Å². The highest BCUT2D eigenvalue weighted by Gasteiger charge is 2.38. The van der Waals surface area contributed by atoms with Crippen LogP contribution in [-0.4, -0.2) is 49.7 Å². The molecular weight excluding hydrogens is 605 g/mol. The fourth-order valence-corrected chi connectivity index (χ4v) is 3.62. The first-order valence-corrected chi connectivity index (χ1v) is 11.7. The molecule has 3 heterocycles. The lowest BCUT2D eigenvalue weighted by atomic mass is 10.1. The van der Waals surface area contributed by atoms with Gasteiger partial charge in [-0.25, -0.2) is 19.7 Å². The molecule has 0 aliphatic heterocycles. The zero-order chi connectivity index (χ0) is 30.5. The van der Waals surface area contributed by atoms with Crippen molar-refractivity contribution in [2.75, 3.05) is 29.5 Å². The molecule has 4 aromatic rings. The number of rotatable bonds is 6. The smallest absolute Gasteiger partial charge is 0.475 e. The first kappa shape index (κ1) is 31.0. The Morgan fingerprint density at radius 2 is 1.68 bits per heavy atom. The van der Waals surface area contributed by atoms with E-state index in [1.807, 2.05) is 6.07 Å². The predicted octanol–water partition coefficient (Wildman–Crippen LogP) is 5.73. The van der Waals surface area contributed by atoms with Gasteiger partial charge in [-0.1, -0.05) is 23.2 Å². The zero-order valence-corrected chi connectivity index (χ0v) is 21.7. The van der Waals surface area contributed by atoms with E-state index in [2.05, 4.69) is 25.6 Å². The molecule has 1 aromatic carbocycles. The fourth-order valence-electron chi connectivity index (χ4n) is 3.12. The lowest BCUT2D eigenvalue weighted by molar-refractivity contribution is -0.192. The van der Waals surface area contributed by atoms with E-state index in [0.29, 0.717) is 33.7 Å². The van der Waals surface area contributed by atoms with Gasteiger partial charge in [0.1, 0.15) is 23.4 Å². The molecule has 0 unspecified atom stereocenters. The van der Waals surface area contributed by atoms with Gasteiger partial charge in [0.2, 0.25) is 5.95 Å². The number of aliphatic carboxylic acids is 1. The van der Waals surface area contributed by atoms with Crippen molar-refractivity contribution in [1.82, 2.24) is 19.4 Å². The third-order valence-corrected chi connectivity index (χ3v) is 5.50. The van der Waals surface area contributed by atoms with Crippen LogP contribution in [0.15, 0.2) is 42.6 Å². The van der Waals surface area contributed by atoms with E-state index in [-0.39, 0.29) is 29.5 Å². The van der Waals surface area contributed by atoms with Crippen LogP contribution >= 0.6 is 23.2 Å². The van der Waals surface area contributed by atoms with E-state index in [0.717, 1.165) is 6.20 Å². The lowest BCUT2D eigenvalue weighted by Gasteiger charge is -2.12. The third-order valence-electron chi connectivity index (χ3n) is 4.95. The highest BCUT2D eigenvalue weighted by atomic mass is 35.5. The number of aromatic nitrogens is 4. The molecule has 0 radical (unpaired) electrons. The summed E-state index contributed by atoms with van der Waals surface area (Å²) in [6.45, 7) is 0.593. The van der Waals surface area contributed by atoms with Gasteiger partial charge < -0.3 is 21.5 Å². The van der Waals surface area contributed by atoms with Gasteiger partial charge in [-0.2, -0.15) is 31.6 Å². The van der Waals surface area contributed by atoms with Crippen molar-refractivity contribution in [3.05, 3.63) is 63.9 Å². The first-order valence-electron chi connectivity index (χ1n) is 11.0. The maximum absolute atomic E-state index is 13.3. The summed E-state index contributed by atoms with van der Waals surface area (Å²) in [6.07, 6.45) is -8.83. The minimum absolute atomic E-state index is 0.0420. The first-order chi connectivity index (χ1) is 19.1. The number of halogens is 8. The van der Waals surface area contributed by atoms with E-state index < -0.39 is 24.0 Å². The predicted molar refractivity (Wildman–Crippen MR) is 137 cm³/mol. The summed E-state index contributed by atoms with van der Waals surface area (Å²) in [5.74, 6) is -2.09. The van der Waals surface area contributed by atoms with Crippen LogP contribution in [0.25, 0.3) is 16.9 Å². The summed E-state index contributed by atoms with van der Waals surface area (Å²) in [5, 5.41) is 22.8. The number of hydrogen-bond acceptors (Lipinski definition) is 8. The molecule has 10 nitrogen and oxygen atoms in total. The molecule has 3 aromatic heterocycles. The van der Waals surface area contributed by atoms with E-state index in [1.54, 1.807) is 18.2 Å². The molecule has 0 aliphatic carbocycles. The summed E-state index contributed by atoms with van der Waals surface area (Å²) in [4.78, 5) is 21.1. The molecule has 5 N–H and O–H groups in total. The molecule has 0 saturated heterocycles. The Morgan fingerprint density at radius 3 is 2.24 bits per heavy atom. The van der Waals surface area contributed by atoms with Crippen molar-refractivity contribution in [2.24, 2.45) is 0 Å². The number of nitriles is 1. The summed E-state index contributed by atoms with van der Waals surface area (Å²) in [5.41, 5.74) is 5.76. The average Bonchev–Trinajstić information content (AvgIpc) is 3.32. The van der Waals surface area contributed by atoms with Crippen molar-refractivity contribution >= 4 is 52.4 Å². The van der Waals surface area contributed by atoms with Crippen LogP contribution in [0.3, 0.4) is 0 Å². The van der Waals surface area contributed by atoms with E-state index in [1.165, 1.54) is 22.6 Å². The van der Waals surface area contributed by atoms with Crippen molar-refractivity contribution in [1.29, 1.82) is 5.26 Å². The van der Waals surface area contributed by atoms with Crippen LogP contribution in [0.4, 0.5) is 43.9 Å². The Morgan fingerprint density at radius 1 is 1.02 bits per heavy atom. The number of anilines is 3. The van der Waals surface area contributed by atoms with Crippen LogP contribution in [0, 0.1) is 11.3 Å². The second-order valence-corrected chi connectivity index (χ2v) is 8.68. The number of imidazole rings is 1. The molecule has 0 spiro atoms. The highest BCUT2D eigenvalue weighted by molar-refractivity contribution is 6.36. The summed E-state index contributed by atoms with van der Waals surface area (Å²) >= 11 is 12.2. The fraction of sp³-hybridized carbons (Fsp3) is 0.174. The van der Waals surface area contributed by atoms with Gasteiger partial charge in [-0.05, 0) is 30.3 Å². The maximum atomic E-state index is 13.3. The van der Waals surface area contributed by atoms with Crippen molar-refractivity contribution in [3.63, 3.8) is 0 Å². The van der Waals surface area contributed by atoms with Gasteiger partial charge in [0.15, 0.2) is 5.69 Å². The van der Waals surface area contributed by atoms with Gasteiger partial charge in [-0.15, -0.1) is 0 Å². The number of hydrogen-bond donors (Lipinski definition) is 4. The molecule has 216 valence electrons. The van der Waals surface area contributed by atoms with Crippen LogP contribution in [0.1, 0.15) is 11.3 Å². The molecule has 41 heavy (non-hydrogen) atoms. The molecule has 0 atom stereocenters. The number of nitrogens with zero attached hydrogens (tertiary/aromatic N) is 5. The highest BCUT2D eigenvalue weighted by Crippen LogP contribution is 2.33. The van der Waals surface area contributed by atoms with E-state index in [9.17, 15) is 26.3 Å². The van der Waals surface area contributed by atoms with Crippen LogP contribution < -0.4 is 16.4 Å². The normalized spacial score (nSPS) is 11.4. The topological polar surface area (TPSA) is 154 Å². The van der Waals surface area contributed by atoms with Gasteiger partial charge in [0.05, 0.1) is 16.3 Å². The third kappa shape index (κ3) is 8.02. The number of carboxylic acids is 1.